The van der Waals surface area contributed by atoms with Gasteiger partial charge in [-0.2, -0.15) is 0 Å². The van der Waals surface area contributed by atoms with Gasteiger partial charge in [0.2, 0.25) is 10.0 Å². The topological polar surface area (TPSA) is 76.3 Å². The number of likely N-dealkylation sites (N-methyl/N-ethyl adjacent to an activating group) is 1. The first-order valence-corrected chi connectivity index (χ1v) is 7.66. The van der Waals surface area contributed by atoms with Crippen molar-refractivity contribution in [3.8, 4) is 0 Å². The second kappa shape index (κ2) is 6.02. The number of rotatable bonds is 5. The van der Waals surface area contributed by atoms with Crippen LogP contribution in [0.5, 0.6) is 0 Å². The number of benzene rings is 1. The quantitative estimate of drug-likeness (QED) is 0.906. The van der Waals surface area contributed by atoms with Crippen LogP contribution < -0.4 is 5.73 Å². The lowest BCUT2D eigenvalue weighted by molar-refractivity contribution is 0.472. The van der Waals surface area contributed by atoms with Gasteiger partial charge in [-0.1, -0.05) is 30.3 Å². The van der Waals surface area contributed by atoms with E-state index in [0.29, 0.717) is 18.8 Å². The zero-order valence-corrected chi connectivity index (χ0v) is 12.0. The number of anilines is 1. The summed E-state index contributed by atoms with van der Waals surface area (Å²) in [7, 11) is -1.95. The molecule has 0 aliphatic rings. The monoisotopic (exact) mass is 291 g/mol. The highest BCUT2D eigenvalue weighted by molar-refractivity contribution is 7.89. The molecular weight excluding hydrogens is 274 g/mol. The molecule has 0 amide bonds. The van der Waals surface area contributed by atoms with Crippen LogP contribution in [0.25, 0.3) is 0 Å². The molecule has 106 valence electrons. The minimum atomic E-state index is -3.51. The molecular formula is C14H17N3O2S. The Bertz CT molecular complexity index is 655. The van der Waals surface area contributed by atoms with E-state index in [0.717, 1.165) is 5.56 Å². The van der Waals surface area contributed by atoms with Gasteiger partial charge in [-0.3, -0.25) is 0 Å². The third-order valence-corrected chi connectivity index (χ3v) is 4.87. The average Bonchev–Trinajstić information content (AvgIpc) is 2.46. The van der Waals surface area contributed by atoms with Gasteiger partial charge in [-0.15, -0.1) is 0 Å². The number of hydrogen-bond acceptors (Lipinski definition) is 4. The molecule has 2 N–H and O–H groups in total. The largest absolute Gasteiger partial charge is 0.384 e. The molecule has 0 atom stereocenters. The predicted octanol–water partition coefficient (Wildman–Crippen LogP) is 1.53. The van der Waals surface area contributed by atoms with Crippen LogP contribution in [-0.4, -0.2) is 31.3 Å². The second-order valence-corrected chi connectivity index (χ2v) is 6.53. The smallest absolute Gasteiger partial charge is 0.244 e. The van der Waals surface area contributed by atoms with Crippen LogP contribution in [-0.2, 0) is 16.4 Å². The number of sulfonamides is 1. The summed E-state index contributed by atoms with van der Waals surface area (Å²) >= 11 is 0. The summed E-state index contributed by atoms with van der Waals surface area (Å²) in [6, 6.07) is 12.7. The SMILES string of the molecule is CN(CCc1ccccc1)S(=O)(=O)c1ccc(N)nc1. The number of nitrogens with zero attached hydrogens (tertiary/aromatic N) is 2. The summed E-state index contributed by atoms with van der Waals surface area (Å²) in [6.07, 6.45) is 1.95. The van der Waals surface area contributed by atoms with Crippen molar-refractivity contribution in [3.63, 3.8) is 0 Å². The summed E-state index contributed by atoms with van der Waals surface area (Å²) in [5.74, 6) is 0.302. The fourth-order valence-corrected chi connectivity index (χ4v) is 2.89. The van der Waals surface area contributed by atoms with Crippen LogP contribution in [0.2, 0.25) is 0 Å². The molecule has 1 heterocycles. The van der Waals surface area contributed by atoms with E-state index in [-0.39, 0.29) is 4.90 Å². The zero-order chi connectivity index (χ0) is 14.6. The van der Waals surface area contributed by atoms with Gasteiger partial charge in [0.05, 0.1) is 0 Å². The van der Waals surface area contributed by atoms with Crippen molar-refractivity contribution in [1.82, 2.24) is 9.29 Å². The summed E-state index contributed by atoms with van der Waals surface area (Å²) in [5, 5.41) is 0. The highest BCUT2D eigenvalue weighted by Crippen LogP contribution is 2.14. The molecule has 20 heavy (non-hydrogen) atoms. The van der Waals surface area contributed by atoms with Crippen molar-refractivity contribution in [2.24, 2.45) is 0 Å². The van der Waals surface area contributed by atoms with E-state index in [1.54, 1.807) is 7.05 Å². The third-order valence-electron chi connectivity index (χ3n) is 3.03. The minimum absolute atomic E-state index is 0.155. The van der Waals surface area contributed by atoms with E-state index >= 15 is 0 Å². The van der Waals surface area contributed by atoms with Crippen LogP contribution in [0, 0.1) is 0 Å². The van der Waals surface area contributed by atoms with E-state index in [9.17, 15) is 8.42 Å². The maximum atomic E-state index is 12.3. The van der Waals surface area contributed by atoms with Gasteiger partial charge in [-0.05, 0) is 24.1 Å². The van der Waals surface area contributed by atoms with Gasteiger partial charge in [0.15, 0.2) is 0 Å². The van der Waals surface area contributed by atoms with Gasteiger partial charge < -0.3 is 5.73 Å². The Labute approximate surface area is 119 Å². The van der Waals surface area contributed by atoms with Crippen molar-refractivity contribution < 1.29 is 8.42 Å². The lowest BCUT2D eigenvalue weighted by Gasteiger charge is -2.17. The highest BCUT2D eigenvalue weighted by Gasteiger charge is 2.20. The molecule has 2 rings (SSSR count). The molecule has 0 saturated heterocycles. The van der Waals surface area contributed by atoms with Gasteiger partial charge in [-0.25, -0.2) is 17.7 Å². The Hall–Kier alpha value is -1.92. The summed E-state index contributed by atoms with van der Waals surface area (Å²) in [5.41, 5.74) is 6.56. The number of nitrogens with two attached hydrogens (primary N) is 1. The van der Waals surface area contributed by atoms with E-state index in [1.165, 1.54) is 22.6 Å². The zero-order valence-electron chi connectivity index (χ0n) is 11.2. The van der Waals surface area contributed by atoms with Crippen molar-refractivity contribution in [2.45, 2.75) is 11.3 Å². The molecule has 0 fully saturated rings. The van der Waals surface area contributed by atoms with Crippen LogP contribution >= 0.6 is 0 Å². The Balaban J connectivity index is 2.08. The van der Waals surface area contributed by atoms with Gasteiger partial charge in [0.1, 0.15) is 10.7 Å². The van der Waals surface area contributed by atoms with Crippen LogP contribution in [0.4, 0.5) is 5.82 Å². The third kappa shape index (κ3) is 3.34. The molecule has 1 aromatic carbocycles. The van der Waals surface area contributed by atoms with E-state index in [4.69, 9.17) is 5.73 Å². The Morgan fingerprint density at radius 2 is 1.85 bits per heavy atom. The normalized spacial score (nSPS) is 11.7. The molecule has 1 aromatic heterocycles. The van der Waals surface area contributed by atoms with E-state index in [1.807, 2.05) is 30.3 Å². The maximum Gasteiger partial charge on any atom is 0.244 e. The molecule has 6 heteroatoms. The molecule has 0 saturated carbocycles. The van der Waals surface area contributed by atoms with Gasteiger partial charge in [0.25, 0.3) is 0 Å². The Morgan fingerprint density at radius 3 is 2.45 bits per heavy atom. The van der Waals surface area contributed by atoms with Crippen molar-refractivity contribution >= 4 is 15.8 Å². The van der Waals surface area contributed by atoms with E-state index < -0.39 is 10.0 Å². The first kappa shape index (κ1) is 14.5. The van der Waals surface area contributed by atoms with E-state index in [2.05, 4.69) is 4.98 Å². The highest BCUT2D eigenvalue weighted by atomic mass is 32.2. The molecule has 0 aliphatic carbocycles. The standard InChI is InChI=1S/C14H17N3O2S/c1-17(10-9-12-5-3-2-4-6-12)20(18,19)13-7-8-14(15)16-11-13/h2-8,11H,9-10H2,1H3,(H2,15,16). The first-order chi connectivity index (χ1) is 9.50. The van der Waals surface area contributed by atoms with Gasteiger partial charge in [0, 0.05) is 19.8 Å². The first-order valence-electron chi connectivity index (χ1n) is 6.22. The molecule has 0 aliphatic heterocycles. The molecule has 5 nitrogen and oxygen atoms in total. The summed E-state index contributed by atoms with van der Waals surface area (Å²) < 4.78 is 25.9. The predicted molar refractivity (Wildman–Crippen MR) is 78.6 cm³/mol. The Morgan fingerprint density at radius 1 is 1.15 bits per heavy atom. The van der Waals surface area contributed by atoms with Crippen molar-refractivity contribution in [1.29, 1.82) is 0 Å². The average molecular weight is 291 g/mol. The summed E-state index contributed by atoms with van der Waals surface area (Å²) in [6.45, 7) is 0.413. The Kier molecular flexibility index (Phi) is 4.36. The van der Waals surface area contributed by atoms with Crippen LogP contribution in [0.1, 0.15) is 5.56 Å². The lowest BCUT2D eigenvalue weighted by Crippen LogP contribution is -2.29. The molecule has 0 unspecified atom stereocenters. The summed E-state index contributed by atoms with van der Waals surface area (Å²) in [4.78, 5) is 3.97. The van der Waals surface area contributed by atoms with Crippen LogP contribution in [0.15, 0.2) is 53.6 Å². The fourth-order valence-electron chi connectivity index (χ4n) is 1.78. The molecule has 0 radical (unpaired) electrons. The van der Waals surface area contributed by atoms with Crippen molar-refractivity contribution in [2.75, 3.05) is 19.3 Å². The molecule has 0 spiro atoms. The number of aromatic nitrogens is 1. The number of nitrogen functional groups attached to an aromatic ring is 1. The number of pyridine rings is 1. The second-order valence-electron chi connectivity index (χ2n) is 4.48. The maximum absolute atomic E-state index is 12.3. The minimum Gasteiger partial charge on any atom is -0.384 e. The van der Waals surface area contributed by atoms with Gasteiger partial charge >= 0.3 is 0 Å². The fraction of sp³-hybridized carbons (Fsp3) is 0.214. The van der Waals surface area contributed by atoms with Crippen LogP contribution in [0.3, 0.4) is 0 Å². The number of hydrogen-bond donors (Lipinski definition) is 1. The van der Waals surface area contributed by atoms with Crippen molar-refractivity contribution in [3.05, 3.63) is 54.2 Å². The lowest BCUT2D eigenvalue weighted by atomic mass is 10.2. The molecule has 0 bridgehead atoms. The molecule has 2 aromatic rings.